The fourth-order valence-corrected chi connectivity index (χ4v) is 2.35. The quantitative estimate of drug-likeness (QED) is 0.861. The van der Waals surface area contributed by atoms with Gasteiger partial charge >= 0.3 is 5.97 Å². The van der Waals surface area contributed by atoms with Gasteiger partial charge in [0.2, 0.25) is 5.82 Å². The zero-order valence-electron chi connectivity index (χ0n) is 13.8. The lowest BCUT2D eigenvalue weighted by Crippen LogP contribution is -2.36. The monoisotopic (exact) mass is 319 g/mol. The van der Waals surface area contributed by atoms with E-state index in [1.807, 2.05) is 33.8 Å². The molecule has 1 amide bonds. The van der Waals surface area contributed by atoms with E-state index in [0.717, 1.165) is 11.4 Å². The first kappa shape index (κ1) is 16.9. The number of rotatable bonds is 6. The number of aromatic nitrogens is 4. The number of aryl methyl sites for hydroxylation is 2. The van der Waals surface area contributed by atoms with Crippen LogP contribution < -0.4 is 0 Å². The van der Waals surface area contributed by atoms with Crippen LogP contribution in [0, 0.1) is 19.8 Å². The molecule has 0 spiro atoms. The van der Waals surface area contributed by atoms with Gasteiger partial charge in [0.15, 0.2) is 0 Å². The maximum absolute atomic E-state index is 12.6. The highest BCUT2D eigenvalue weighted by Crippen LogP contribution is 2.09. The van der Waals surface area contributed by atoms with Crippen LogP contribution in [0.1, 0.15) is 42.3 Å². The minimum absolute atomic E-state index is 0.0391. The highest BCUT2D eigenvalue weighted by Gasteiger charge is 2.22. The third kappa shape index (κ3) is 4.02. The summed E-state index contributed by atoms with van der Waals surface area (Å²) in [4.78, 5) is 33.3. The van der Waals surface area contributed by atoms with E-state index in [1.165, 1.54) is 9.42 Å². The maximum Gasteiger partial charge on any atom is 0.305 e. The molecular formula is C15H21N5O3. The Bertz CT molecular complexity index is 738. The van der Waals surface area contributed by atoms with E-state index >= 15 is 0 Å². The molecule has 0 radical (unpaired) electrons. The molecule has 23 heavy (non-hydrogen) atoms. The first-order valence-corrected chi connectivity index (χ1v) is 7.50. The summed E-state index contributed by atoms with van der Waals surface area (Å²) in [5.74, 6) is -0.692. The Balaban J connectivity index is 2.31. The number of carboxylic acid groups (broad SMARTS) is 1. The molecule has 0 fully saturated rings. The summed E-state index contributed by atoms with van der Waals surface area (Å²) in [7, 11) is 0. The molecule has 0 aliphatic heterocycles. The number of carbonyl (C=O) groups excluding carboxylic acids is 1. The van der Waals surface area contributed by atoms with E-state index < -0.39 is 5.97 Å². The normalized spacial score (nSPS) is 11.2. The van der Waals surface area contributed by atoms with Gasteiger partial charge in [0.1, 0.15) is 0 Å². The molecule has 2 aromatic heterocycles. The number of hydrogen-bond acceptors (Lipinski definition) is 5. The Morgan fingerprint density at radius 1 is 1.30 bits per heavy atom. The number of nitrogens with zero attached hydrogens (tertiary/aromatic N) is 5. The van der Waals surface area contributed by atoms with Crippen LogP contribution in [0.4, 0.5) is 0 Å². The molecule has 0 bridgehead atoms. The molecule has 0 aliphatic rings. The fraction of sp³-hybridized carbons (Fsp3) is 0.533. The van der Waals surface area contributed by atoms with Crippen molar-refractivity contribution in [2.45, 2.75) is 34.1 Å². The molecule has 0 saturated carbocycles. The number of carbonyl (C=O) groups is 2. The van der Waals surface area contributed by atoms with Gasteiger partial charge in [-0.1, -0.05) is 13.8 Å². The molecule has 2 aromatic rings. The Morgan fingerprint density at radius 2 is 2.00 bits per heavy atom. The summed E-state index contributed by atoms with van der Waals surface area (Å²) < 4.78 is 1.52. The summed E-state index contributed by atoms with van der Waals surface area (Å²) in [6, 6.07) is 1.85. The van der Waals surface area contributed by atoms with Gasteiger partial charge in [0.05, 0.1) is 6.42 Å². The molecule has 0 aliphatic carbocycles. The lowest BCUT2D eigenvalue weighted by Gasteiger charge is -2.22. The summed E-state index contributed by atoms with van der Waals surface area (Å²) in [6.45, 7) is 8.23. The summed E-state index contributed by atoms with van der Waals surface area (Å²) in [5, 5.41) is 13.1. The number of aliphatic carboxylic acids is 1. The Hall–Kier alpha value is -2.51. The molecule has 0 atom stereocenters. The third-order valence-corrected chi connectivity index (χ3v) is 3.28. The fourth-order valence-electron chi connectivity index (χ4n) is 2.35. The number of fused-ring (bicyclic) bond motifs is 1. The first-order chi connectivity index (χ1) is 10.8. The highest BCUT2D eigenvalue weighted by molar-refractivity contribution is 5.91. The van der Waals surface area contributed by atoms with Crippen molar-refractivity contribution >= 4 is 17.7 Å². The van der Waals surface area contributed by atoms with Crippen LogP contribution in [0.3, 0.4) is 0 Å². The van der Waals surface area contributed by atoms with Gasteiger partial charge in [-0.3, -0.25) is 9.59 Å². The second kappa shape index (κ2) is 6.72. The topological polar surface area (TPSA) is 101 Å². The van der Waals surface area contributed by atoms with Gasteiger partial charge in [0, 0.05) is 24.5 Å². The molecule has 0 saturated heterocycles. The van der Waals surface area contributed by atoms with Crippen molar-refractivity contribution in [1.29, 1.82) is 0 Å². The Labute approximate surface area is 134 Å². The van der Waals surface area contributed by atoms with Crippen molar-refractivity contribution in [3.63, 3.8) is 0 Å². The van der Waals surface area contributed by atoms with Crippen molar-refractivity contribution in [2.24, 2.45) is 5.92 Å². The molecule has 8 heteroatoms. The van der Waals surface area contributed by atoms with E-state index in [9.17, 15) is 9.59 Å². The SMILES string of the molecule is Cc1cc(C)n2nc(C(=O)N(CCC(=O)O)CC(C)C)nc2n1. The van der Waals surface area contributed by atoms with Crippen LogP contribution in [0.15, 0.2) is 6.07 Å². The van der Waals surface area contributed by atoms with Gasteiger partial charge in [-0.2, -0.15) is 4.98 Å². The average molecular weight is 319 g/mol. The minimum Gasteiger partial charge on any atom is -0.481 e. The van der Waals surface area contributed by atoms with Crippen molar-refractivity contribution in [2.75, 3.05) is 13.1 Å². The van der Waals surface area contributed by atoms with Crippen molar-refractivity contribution in [3.8, 4) is 0 Å². The third-order valence-electron chi connectivity index (χ3n) is 3.28. The van der Waals surface area contributed by atoms with Gasteiger partial charge in [-0.05, 0) is 25.8 Å². The van der Waals surface area contributed by atoms with Crippen LogP contribution in [0.2, 0.25) is 0 Å². The van der Waals surface area contributed by atoms with Crippen LogP contribution in [-0.4, -0.2) is 54.6 Å². The van der Waals surface area contributed by atoms with Crippen molar-refractivity contribution < 1.29 is 14.7 Å². The maximum atomic E-state index is 12.6. The van der Waals surface area contributed by atoms with E-state index in [0.29, 0.717) is 12.3 Å². The van der Waals surface area contributed by atoms with Gasteiger partial charge in [0.25, 0.3) is 11.7 Å². The molecule has 2 rings (SSSR count). The molecule has 1 N–H and O–H groups in total. The summed E-state index contributed by atoms with van der Waals surface area (Å²) >= 11 is 0. The largest absolute Gasteiger partial charge is 0.481 e. The molecule has 2 heterocycles. The number of hydrogen-bond donors (Lipinski definition) is 1. The molecule has 0 unspecified atom stereocenters. The number of carboxylic acids is 1. The molecule has 0 aromatic carbocycles. The smallest absolute Gasteiger partial charge is 0.305 e. The number of amides is 1. The van der Waals surface area contributed by atoms with Crippen molar-refractivity contribution in [3.05, 3.63) is 23.3 Å². The molecular weight excluding hydrogens is 298 g/mol. The second-order valence-corrected chi connectivity index (χ2v) is 5.97. The average Bonchev–Trinajstić information content (AvgIpc) is 2.86. The highest BCUT2D eigenvalue weighted by atomic mass is 16.4. The zero-order valence-corrected chi connectivity index (χ0v) is 13.8. The Morgan fingerprint density at radius 3 is 2.61 bits per heavy atom. The lowest BCUT2D eigenvalue weighted by atomic mass is 10.2. The van der Waals surface area contributed by atoms with E-state index in [-0.39, 0.29) is 30.6 Å². The zero-order chi connectivity index (χ0) is 17.1. The van der Waals surface area contributed by atoms with Crippen LogP contribution in [0.25, 0.3) is 5.78 Å². The van der Waals surface area contributed by atoms with Crippen LogP contribution >= 0.6 is 0 Å². The summed E-state index contributed by atoms with van der Waals surface area (Å²) in [5.41, 5.74) is 1.63. The van der Waals surface area contributed by atoms with E-state index in [1.54, 1.807) is 0 Å². The van der Waals surface area contributed by atoms with Crippen molar-refractivity contribution in [1.82, 2.24) is 24.5 Å². The molecule has 124 valence electrons. The van der Waals surface area contributed by atoms with Crippen LogP contribution in [-0.2, 0) is 4.79 Å². The predicted molar refractivity (Wildman–Crippen MR) is 83.3 cm³/mol. The second-order valence-electron chi connectivity index (χ2n) is 5.97. The molecule has 8 nitrogen and oxygen atoms in total. The van der Waals surface area contributed by atoms with E-state index in [4.69, 9.17) is 5.11 Å². The van der Waals surface area contributed by atoms with Gasteiger partial charge in [-0.15, -0.1) is 5.10 Å². The minimum atomic E-state index is -0.942. The standard InChI is InChI=1S/C15H21N5O3/c1-9(2)8-19(6-5-12(21)22)14(23)13-17-15-16-10(3)7-11(4)20(15)18-13/h7,9H,5-6,8H2,1-4H3,(H,21,22). The first-order valence-electron chi connectivity index (χ1n) is 7.50. The van der Waals surface area contributed by atoms with E-state index in [2.05, 4.69) is 15.1 Å². The Kier molecular flexibility index (Phi) is 4.92. The van der Waals surface area contributed by atoms with Crippen LogP contribution in [0.5, 0.6) is 0 Å². The summed E-state index contributed by atoms with van der Waals surface area (Å²) in [6.07, 6.45) is -0.109. The van der Waals surface area contributed by atoms with Gasteiger partial charge < -0.3 is 10.0 Å². The lowest BCUT2D eigenvalue weighted by molar-refractivity contribution is -0.137. The van der Waals surface area contributed by atoms with Gasteiger partial charge in [-0.25, -0.2) is 9.50 Å². The predicted octanol–water partition coefficient (Wildman–Crippen LogP) is 1.31.